The van der Waals surface area contributed by atoms with E-state index in [0.29, 0.717) is 56.5 Å². The van der Waals surface area contributed by atoms with E-state index in [0.717, 1.165) is 16.5 Å². The fourth-order valence-electron chi connectivity index (χ4n) is 8.53. The van der Waals surface area contributed by atoms with E-state index in [1.807, 2.05) is 24.3 Å². The molecular formula is C41H54N14O7. The quantitative estimate of drug-likeness (QED) is 0.114. The second kappa shape index (κ2) is 19.4. The fraction of sp³-hybridized carbons (Fsp3) is 0.512. The second-order valence-electron chi connectivity index (χ2n) is 16.3. The van der Waals surface area contributed by atoms with E-state index in [9.17, 15) is 33.6 Å². The normalized spacial score (nSPS) is 26.6. The van der Waals surface area contributed by atoms with Gasteiger partial charge in [-0.1, -0.05) is 23.4 Å². The molecular weight excluding hydrogens is 801 g/mol. The van der Waals surface area contributed by atoms with Gasteiger partial charge >= 0.3 is 0 Å². The number of imidazole rings is 1. The smallest absolute Gasteiger partial charge is 0.246 e. The van der Waals surface area contributed by atoms with Crippen LogP contribution in [0.4, 0.5) is 0 Å². The van der Waals surface area contributed by atoms with Gasteiger partial charge < -0.3 is 52.5 Å². The SMILES string of the molecule is C[C@@H]1NC(=O)[C@@H]2CCCN2C(=O)[C@H](Cc2cnc[nH]2)NC(=O)[C@@H]2CCCN2C(=O)[C@H](Cc2c[nH]c3ccccc23)NC(=O)[C@@H](N)Cc2cn(nn2)CCCC[C@@H](C(N)=O)NC1=O. The lowest BCUT2D eigenvalue weighted by Gasteiger charge is -2.32. The van der Waals surface area contributed by atoms with Crippen molar-refractivity contribution >= 4 is 52.3 Å². The number of fused-ring (bicyclic) bond motifs is 5. The van der Waals surface area contributed by atoms with E-state index in [1.165, 1.54) is 29.2 Å². The molecule has 0 aliphatic carbocycles. The van der Waals surface area contributed by atoms with Gasteiger partial charge in [-0.15, -0.1) is 5.10 Å². The van der Waals surface area contributed by atoms with Crippen molar-refractivity contribution in [3.05, 3.63) is 66.1 Å². The summed E-state index contributed by atoms with van der Waals surface area (Å²) in [6.07, 6.45) is 9.38. The number of aryl methyl sites for hydroxylation is 1. The van der Waals surface area contributed by atoms with E-state index < -0.39 is 83.6 Å². The lowest BCUT2D eigenvalue weighted by Crippen LogP contribution is -2.59. The van der Waals surface area contributed by atoms with Crippen LogP contribution in [-0.4, -0.2) is 136 Å². The molecule has 6 heterocycles. The molecule has 7 atom stereocenters. The van der Waals surface area contributed by atoms with Crippen LogP contribution < -0.4 is 32.7 Å². The third-order valence-corrected chi connectivity index (χ3v) is 11.9. The summed E-state index contributed by atoms with van der Waals surface area (Å²) >= 11 is 0. The minimum Gasteiger partial charge on any atom is -0.368 e. The summed E-state index contributed by atoms with van der Waals surface area (Å²) in [7, 11) is 0. The van der Waals surface area contributed by atoms with Gasteiger partial charge in [-0.25, -0.2) is 4.98 Å². The average molecular weight is 855 g/mol. The van der Waals surface area contributed by atoms with Gasteiger partial charge in [-0.3, -0.25) is 38.2 Å². The molecule has 330 valence electrons. The Balaban J connectivity index is 1.17. The summed E-state index contributed by atoms with van der Waals surface area (Å²) in [5.74, 6) is -4.11. The zero-order chi connectivity index (χ0) is 43.9. The number of para-hydroxylation sites is 1. The number of aromatic nitrogens is 6. The first kappa shape index (κ1) is 43.4. The molecule has 21 heteroatoms. The van der Waals surface area contributed by atoms with Crippen LogP contribution in [0.25, 0.3) is 10.9 Å². The summed E-state index contributed by atoms with van der Waals surface area (Å²) in [5, 5.41) is 20.3. The molecule has 7 amide bonds. The number of hydrogen-bond donors (Lipinski definition) is 8. The minimum absolute atomic E-state index is 0.00822. The molecule has 3 aliphatic heterocycles. The number of carbonyl (C=O) groups is 7. The van der Waals surface area contributed by atoms with Crippen molar-refractivity contribution in [3.8, 4) is 0 Å². The number of benzene rings is 1. The molecule has 2 saturated heterocycles. The topological polar surface area (TPSA) is 301 Å². The van der Waals surface area contributed by atoms with Crippen molar-refractivity contribution in [3.63, 3.8) is 0 Å². The zero-order valence-electron chi connectivity index (χ0n) is 34.5. The van der Waals surface area contributed by atoms with Crippen LogP contribution in [0.2, 0.25) is 0 Å². The Hall–Kier alpha value is -6.64. The monoisotopic (exact) mass is 854 g/mol. The van der Waals surface area contributed by atoms with Crippen molar-refractivity contribution < 1.29 is 33.6 Å². The maximum absolute atomic E-state index is 14.6. The Morgan fingerprint density at radius 3 is 2.15 bits per heavy atom. The molecule has 62 heavy (non-hydrogen) atoms. The Kier molecular flexibility index (Phi) is 13.6. The maximum Gasteiger partial charge on any atom is 0.246 e. The van der Waals surface area contributed by atoms with Gasteiger partial charge in [0.25, 0.3) is 0 Å². The number of aromatic amines is 2. The lowest BCUT2D eigenvalue weighted by molar-refractivity contribution is -0.144. The largest absolute Gasteiger partial charge is 0.368 e. The second-order valence-corrected chi connectivity index (χ2v) is 16.3. The van der Waals surface area contributed by atoms with E-state index in [1.54, 1.807) is 17.1 Å². The molecule has 21 nitrogen and oxygen atoms in total. The van der Waals surface area contributed by atoms with Crippen LogP contribution in [0, 0.1) is 0 Å². The van der Waals surface area contributed by atoms with Crippen LogP contribution in [0.15, 0.2) is 49.2 Å². The fourth-order valence-corrected chi connectivity index (χ4v) is 8.53. The maximum atomic E-state index is 14.6. The van der Waals surface area contributed by atoms with Crippen molar-refractivity contribution in [2.75, 3.05) is 13.1 Å². The first-order chi connectivity index (χ1) is 29.9. The number of amides is 7. The first-order valence-electron chi connectivity index (χ1n) is 21.1. The van der Waals surface area contributed by atoms with Gasteiger partial charge in [0, 0.05) is 74.1 Å². The molecule has 7 rings (SSSR count). The van der Waals surface area contributed by atoms with E-state index in [4.69, 9.17) is 11.5 Å². The summed E-state index contributed by atoms with van der Waals surface area (Å²) in [6, 6.07) is 0.200. The Morgan fingerprint density at radius 2 is 1.45 bits per heavy atom. The minimum atomic E-state index is -1.16. The zero-order valence-corrected chi connectivity index (χ0v) is 34.5. The molecule has 1 aromatic carbocycles. The van der Waals surface area contributed by atoms with Crippen molar-refractivity contribution in [1.29, 1.82) is 0 Å². The molecule has 0 unspecified atom stereocenters. The highest BCUT2D eigenvalue weighted by molar-refractivity contribution is 5.98. The van der Waals surface area contributed by atoms with E-state index >= 15 is 0 Å². The van der Waals surface area contributed by atoms with Gasteiger partial charge in [-0.05, 0) is 63.5 Å². The summed E-state index contributed by atoms with van der Waals surface area (Å²) < 4.78 is 1.58. The molecule has 10 N–H and O–H groups in total. The van der Waals surface area contributed by atoms with Gasteiger partial charge in [0.1, 0.15) is 36.3 Å². The Bertz CT molecular complexity index is 2270. The Labute approximate surface area is 356 Å². The predicted octanol–water partition coefficient (Wildman–Crippen LogP) is -1.55. The highest BCUT2D eigenvalue weighted by Crippen LogP contribution is 2.25. The predicted molar refractivity (Wildman–Crippen MR) is 222 cm³/mol. The number of hydrogen-bond acceptors (Lipinski definition) is 11. The molecule has 3 aromatic heterocycles. The molecule has 3 aliphatic rings. The number of nitrogens with one attached hydrogen (secondary N) is 6. The number of rotatable bonds is 5. The first-order valence-corrected chi connectivity index (χ1v) is 21.1. The standard InChI is InChI=1S/C41H54N14O7/c1-23-36(57)48-30(35(43)56)10-4-5-13-53-21-26(51-52-53)17-28(42)37(58)49-31(16-24-19-45-29-9-3-2-8-27(24)29)40(61)55-15-7-12-34(55)39(60)50-32(18-25-20-44-22-46-25)41(62)54-14-6-11-33(54)38(59)47-23/h2-3,8-9,19-23,28,30-34,45H,4-7,10-18,42H2,1H3,(H2,43,56)(H,44,46)(H,47,59)(H,48,57)(H,49,58)(H,50,60)/t23-,28-,30-,31-,32-,33-,34-/m0/s1. The third kappa shape index (κ3) is 10.1. The van der Waals surface area contributed by atoms with Crippen molar-refractivity contribution in [1.82, 2.24) is 61.0 Å². The number of carbonyl (C=O) groups excluding carboxylic acids is 7. The highest BCUT2D eigenvalue weighted by Gasteiger charge is 2.42. The summed E-state index contributed by atoms with van der Waals surface area (Å²) in [4.78, 5) is 109. The van der Waals surface area contributed by atoms with Crippen LogP contribution in [0.1, 0.15) is 68.8 Å². The van der Waals surface area contributed by atoms with E-state index in [-0.39, 0.29) is 38.8 Å². The van der Waals surface area contributed by atoms with Crippen LogP contribution >= 0.6 is 0 Å². The van der Waals surface area contributed by atoms with Gasteiger partial charge in [0.2, 0.25) is 41.4 Å². The van der Waals surface area contributed by atoms with Crippen molar-refractivity contribution in [2.45, 2.75) is 120 Å². The number of nitrogens with zero attached hydrogens (tertiary/aromatic N) is 6. The molecule has 2 bridgehead atoms. The van der Waals surface area contributed by atoms with Gasteiger partial charge in [0.15, 0.2) is 0 Å². The molecule has 0 saturated carbocycles. The molecule has 0 spiro atoms. The third-order valence-electron chi connectivity index (χ3n) is 11.9. The summed E-state index contributed by atoms with van der Waals surface area (Å²) in [5.41, 5.74) is 14.7. The summed E-state index contributed by atoms with van der Waals surface area (Å²) in [6.45, 7) is 2.33. The molecule has 0 radical (unpaired) electrons. The van der Waals surface area contributed by atoms with Crippen molar-refractivity contribution in [2.24, 2.45) is 11.5 Å². The van der Waals surface area contributed by atoms with E-state index in [2.05, 4.69) is 46.5 Å². The number of primary amides is 1. The average Bonchev–Trinajstić information content (AvgIpc) is 4.12. The van der Waals surface area contributed by atoms with Crippen LogP contribution in [0.3, 0.4) is 0 Å². The Morgan fingerprint density at radius 1 is 0.774 bits per heavy atom. The number of H-pyrrole nitrogens is 2. The van der Waals surface area contributed by atoms with Gasteiger partial charge in [-0.2, -0.15) is 0 Å². The molecule has 2 fully saturated rings. The highest BCUT2D eigenvalue weighted by atomic mass is 16.2. The van der Waals surface area contributed by atoms with Gasteiger partial charge in [0.05, 0.1) is 18.1 Å². The lowest BCUT2D eigenvalue weighted by atomic mass is 10.0. The number of nitrogens with two attached hydrogens (primary N) is 2. The molecule has 4 aromatic rings. The van der Waals surface area contributed by atoms with Crippen LogP contribution in [-0.2, 0) is 59.4 Å². The van der Waals surface area contributed by atoms with Crippen LogP contribution in [0.5, 0.6) is 0 Å².